The summed E-state index contributed by atoms with van der Waals surface area (Å²) in [5, 5.41) is 11.1. The number of nitriles is 1. The van der Waals surface area contributed by atoms with Gasteiger partial charge in [0.25, 0.3) is 0 Å². The van der Waals surface area contributed by atoms with Crippen molar-refractivity contribution in [1.29, 1.82) is 5.26 Å². The number of carbonyl (C=O) groups is 2. The van der Waals surface area contributed by atoms with Crippen LogP contribution in [0, 0.1) is 11.3 Å². The van der Waals surface area contributed by atoms with Crippen LogP contribution in [0.3, 0.4) is 0 Å². The molecule has 10 nitrogen and oxygen atoms in total. The van der Waals surface area contributed by atoms with Gasteiger partial charge in [0.1, 0.15) is 11.8 Å². The predicted molar refractivity (Wildman–Crippen MR) is 167 cm³/mol. The first kappa shape index (κ1) is 30.5. The van der Waals surface area contributed by atoms with Gasteiger partial charge in [-0.1, -0.05) is 42.5 Å². The lowest BCUT2D eigenvalue weighted by molar-refractivity contribution is -0.135. The van der Waals surface area contributed by atoms with Gasteiger partial charge in [-0.3, -0.25) is 19.3 Å². The van der Waals surface area contributed by atoms with Crippen LogP contribution in [-0.4, -0.2) is 61.6 Å². The van der Waals surface area contributed by atoms with E-state index in [1.165, 1.54) is 7.11 Å². The van der Waals surface area contributed by atoms with Gasteiger partial charge in [-0.25, -0.2) is 8.42 Å². The Bertz CT molecular complexity index is 1780. The number of benzene rings is 3. The molecule has 1 saturated heterocycles. The normalized spacial score (nSPS) is 14.4. The second kappa shape index (κ2) is 13.6. The summed E-state index contributed by atoms with van der Waals surface area (Å²) < 4.78 is 35.8. The van der Waals surface area contributed by atoms with Gasteiger partial charge in [0, 0.05) is 31.1 Å². The summed E-state index contributed by atoms with van der Waals surface area (Å²) in [6.07, 6.45) is 3.29. The molecule has 1 fully saturated rings. The maximum atomic E-state index is 14.0. The number of carbonyl (C=O) groups excluding carboxylic acids is 2. The largest absolute Gasteiger partial charge is 0.497 e. The minimum absolute atomic E-state index is 0.142. The molecule has 226 valence electrons. The fourth-order valence-electron chi connectivity index (χ4n) is 5.30. The van der Waals surface area contributed by atoms with E-state index in [-0.39, 0.29) is 24.4 Å². The number of pyridine rings is 1. The van der Waals surface area contributed by atoms with Gasteiger partial charge in [-0.2, -0.15) is 5.26 Å². The van der Waals surface area contributed by atoms with Gasteiger partial charge in [0.15, 0.2) is 5.25 Å². The van der Waals surface area contributed by atoms with Crippen molar-refractivity contribution in [3.8, 4) is 11.8 Å². The second-order valence-corrected chi connectivity index (χ2v) is 12.5. The summed E-state index contributed by atoms with van der Waals surface area (Å²) in [5.41, 5.74) is 2.50. The first-order chi connectivity index (χ1) is 21.3. The van der Waals surface area contributed by atoms with E-state index in [0.29, 0.717) is 35.5 Å². The average molecular weight is 612 g/mol. The standard InChI is InChI=1S/C33H33N5O5S/c1-43-27-15-13-24(14-16-27)21-30(44(41,42)37-28-8-4-6-26-7-5-17-35-31(26)28)32(39)36-29(33(40)38-18-2-3-19-38)20-23-9-11-25(22-34)12-10-23/h4-17,29-30,37H,2-3,18-21H2,1H3,(H,36,39). The Kier molecular flexibility index (Phi) is 9.41. The number of nitrogens with one attached hydrogen (secondary N) is 2. The maximum Gasteiger partial charge on any atom is 0.245 e. The Morgan fingerprint density at radius 1 is 0.955 bits per heavy atom. The summed E-state index contributed by atoms with van der Waals surface area (Å²) in [7, 11) is -2.82. The molecule has 2 atom stereocenters. The molecule has 2 heterocycles. The molecule has 1 aromatic heterocycles. The van der Waals surface area contributed by atoms with E-state index in [2.05, 4.69) is 21.1 Å². The van der Waals surface area contributed by atoms with Crippen LogP contribution in [0.2, 0.25) is 0 Å². The van der Waals surface area contributed by atoms with E-state index in [9.17, 15) is 23.3 Å². The molecule has 3 aromatic carbocycles. The number of sulfonamides is 1. The summed E-state index contributed by atoms with van der Waals surface area (Å²) >= 11 is 0. The van der Waals surface area contributed by atoms with Crippen molar-refractivity contribution in [3.63, 3.8) is 0 Å². The first-order valence-corrected chi connectivity index (χ1v) is 15.9. The SMILES string of the molecule is COc1ccc(CC(C(=O)NC(Cc2ccc(C#N)cc2)C(=O)N2CCCC2)S(=O)(=O)Nc2cccc3cccnc23)cc1. The van der Waals surface area contributed by atoms with Crippen LogP contribution in [-0.2, 0) is 32.5 Å². The van der Waals surface area contributed by atoms with Crippen LogP contribution in [0.15, 0.2) is 85.1 Å². The molecule has 5 rings (SSSR count). The Morgan fingerprint density at radius 2 is 1.61 bits per heavy atom. The van der Waals surface area contributed by atoms with Crippen LogP contribution < -0.4 is 14.8 Å². The molecule has 0 radical (unpaired) electrons. The van der Waals surface area contributed by atoms with Gasteiger partial charge in [0.2, 0.25) is 21.8 Å². The number of methoxy groups -OCH3 is 1. The van der Waals surface area contributed by atoms with Crippen LogP contribution in [0.25, 0.3) is 10.9 Å². The summed E-state index contributed by atoms with van der Waals surface area (Å²) in [4.78, 5) is 33.7. The van der Waals surface area contributed by atoms with E-state index in [1.54, 1.807) is 77.8 Å². The molecule has 11 heteroatoms. The molecule has 0 bridgehead atoms. The van der Waals surface area contributed by atoms with Crippen molar-refractivity contribution in [1.82, 2.24) is 15.2 Å². The van der Waals surface area contributed by atoms with Crippen molar-refractivity contribution in [2.24, 2.45) is 0 Å². The Hall–Kier alpha value is -4.95. The van der Waals surface area contributed by atoms with Crippen molar-refractivity contribution in [3.05, 3.63) is 102 Å². The third-order valence-electron chi connectivity index (χ3n) is 7.69. The van der Waals surface area contributed by atoms with Crippen LogP contribution >= 0.6 is 0 Å². The van der Waals surface area contributed by atoms with Crippen molar-refractivity contribution in [2.45, 2.75) is 37.0 Å². The van der Waals surface area contributed by atoms with Gasteiger partial charge < -0.3 is 15.0 Å². The number of fused-ring (bicyclic) bond motifs is 1. The summed E-state index contributed by atoms with van der Waals surface area (Å²) in [6.45, 7) is 1.14. The number of ether oxygens (including phenoxy) is 1. The van der Waals surface area contributed by atoms with E-state index in [1.807, 2.05) is 12.1 Å². The van der Waals surface area contributed by atoms with E-state index < -0.39 is 27.2 Å². The Morgan fingerprint density at radius 3 is 2.30 bits per heavy atom. The molecule has 0 saturated carbocycles. The quantitative estimate of drug-likeness (QED) is 0.263. The monoisotopic (exact) mass is 611 g/mol. The molecule has 2 amide bonds. The summed E-state index contributed by atoms with van der Waals surface area (Å²) in [6, 6.07) is 23.3. The van der Waals surface area contributed by atoms with Gasteiger partial charge >= 0.3 is 0 Å². The first-order valence-electron chi connectivity index (χ1n) is 14.3. The number of likely N-dealkylation sites (tertiary alicyclic amines) is 1. The highest BCUT2D eigenvalue weighted by Gasteiger charge is 2.37. The van der Waals surface area contributed by atoms with Crippen LogP contribution in [0.4, 0.5) is 5.69 Å². The van der Waals surface area contributed by atoms with Crippen molar-refractivity contribution < 1.29 is 22.7 Å². The fraction of sp³-hybridized carbons (Fsp3) is 0.273. The van der Waals surface area contributed by atoms with Gasteiger partial charge in [-0.15, -0.1) is 0 Å². The molecular weight excluding hydrogens is 578 g/mol. The third-order valence-corrected chi connectivity index (χ3v) is 9.32. The maximum absolute atomic E-state index is 14.0. The smallest absolute Gasteiger partial charge is 0.245 e. The molecule has 4 aromatic rings. The van der Waals surface area contributed by atoms with Crippen molar-refractivity contribution in [2.75, 3.05) is 24.9 Å². The number of hydrogen-bond acceptors (Lipinski definition) is 7. The lowest BCUT2D eigenvalue weighted by Crippen LogP contribution is -2.53. The molecule has 1 aliphatic heterocycles. The van der Waals surface area contributed by atoms with E-state index >= 15 is 0 Å². The van der Waals surface area contributed by atoms with Crippen molar-refractivity contribution >= 4 is 38.4 Å². The number of amides is 2. The van der Waals surface area contributed by atoms with Gasteiger partial charge in [-0.05, 0) is 66.8 Å². The predicted octanol–water partition coefficient (Wildman–Crippen LogP) is 3.82. The highest BCUT2D eigenvalue weighted by Crippen LogP contribution is 2.24. The van der Waals surface area contributed by atoms with Gasteiger partial charge in [0.05, 0.1) is 29.9 Å². The van der Waals surface area contributed by atoms with E-state index in [0.717, 1.165) is 23.8 Å². The molecular formula is C33H33N5O5S. The lowest BCUT2D eigenvalue weighted by atomic mass is 10.0. The minimum atomic E-state index is -4.35. The molecule has 0 spiro atoms. The van der Waals surface area contributed by atoms with Crippen LogP contribution in [0.1, 0.15) is 29.5 Å². The molecule has 2 N–H and O–H groups in total. The Balaban J connectivity index is 1.47. The summed E-state index contributed by atoms with van der Waals surface area (Å²) in [5.74, 6) is -0.476. The molecule has 1 aliphatic rings. The third kappa shape index (κ3) is 7.15. The highest BCUT2D eigenvalue weighted by molar-refractivity contribution is 7.94. The number of aromatic nitrogens is 1. The number of rotatable bonds is 11. The zero-order chi connectivity index (χ0) is 31.1. The number of para-hydroxylation sites is 1. The zero-order valence-corrected chi connectivity index (χ0v) is 25.1. The minimum Gasteiger partial charge on any atom is -0.497 e. The second-order valence-electron chi connectivity index (χ2n) is 10.7. The molecule has 44 heavy (non-hydrogen) atoms. The molecule has 0 aliphatic carbocycles. The van der Waals surface area contributed by atoms with Crippen LogP contribution in [0.5, 0.6) is 5.75 Å². The Labute approximate surface area is 256 Å². The topological polar surface area (TPSA) is 141 Å². The zero-order valence-electron chi connectivity index (χ0n) is 24.3. The number of anilines is 1. The number of hydrogen-bond donors (Lipinski definition) is 2. The number of nitrogens with zero attached hydrogens (tertiary/aromatic N) is 3. The fourth-order valence-corrected chi connectivity index (χ4v) is 6.68. The highest BCUT2D eigenvalue weighted by atomic mass is 32.2. The molecule has 2 unspecified atom stereocenters. The average Bonchev–Trinajstić information content (AvgIpc) is 3.59. The van der Waals surface area contributed by atoms with E-state index in [4.69, 9.17) is 4.74 Å². The lowest BCUT2D eigenvalue weighted by Gasteiger charge is -2.26.